The number of thiazole rings is 1. The molecule has 0 aliphatic heterocycles. The molecule has 1 saturated carbocycles. The third-order valence-corrected chi connectivity index (χ3v) is 3.79. The Bertz CT molecular complexity index is 554. The third-order valence-electron chi connectivity index (χ3n) is 2.92. The minimum Gasteiger partial charge on any atom is -0.477 e. The number of carboxylic acids is 1. The topological polar surface area (TPSA) is 66.0 Å². The van der Waals surface area contributed by atoms with Gasteiger partial charge in [0.1, 0.15) is 5.69 Å². The van der Waals surface area contributed by atoms with Gasteiger partial charge in [-0.1, -0.05) is 0 Å². The highest BCUT2D eigenvalue weighted by atomic mass is 32.1. The summed E-state index contributed by atoms with van der Waals surface area (Å²) >= 11 is 1.66. The Hall–Kier alpha value is -1.62. The third kappa shape index (κ3) is 2.24. The smallest absolute Gasteiger partial charge is 0.352 e. The Morgan fingerprint density at radius 1 is 1.59 bits per heavy atom. The van der Waals surface area contributed by atoms with E-state index >= 15 is 0 Å². The molecule has 0 aromatic carbocycles. The molecule has 1 aliphatic carbocycles. The molecule has 2 N–H and O–H groups in total. The van der Waals surface area contributed by atoms with Crippen molar-refractivity contribution in [1.29, 1.82) is 0 Å². The van der Waals surface area contributed by atoms with Crippen LogP contribution in [0, 0.1) is 5.92 Å². The van der Waals surface area contributed by atoms with Crippen LogP contribution in [0.2, 0.25) is 0 Å². The fourth-order valence-corrected chi connectivity index (χ4v) is 2.69. The lowest BCUT2D eigenvalue weighted by Gasteiger charge is -1.90. The lowest BCUT2D eigenvalue weighted by Crippen LogP contribution is -1.94. The second-order valence-electron chi connectivity index (χ2n) is 4.38. The Morgan fingerprint density at radius 3 is 3.06 bits per heavy atom. The van der Waals surface area contributed by atoms with Crippen LogP contribution >= 0.6 is 11.3 Å². The number of carbonyl (C=O) groups is 1. The number of aromatic amines is 1. The molecule has 0 unspecified atom stereocenters. The Labute approximate surface area is 102 Å². The van der Waals surface area contributed by atoms with Crippen molar-refractivity contribution >= 4 is 17.3 Å². The lowest BCUT2D eigenvalue weighted by atomic mass is 10.2. The summed E-state index contributed by atoms with van der Waals surface area (Å²) in [4.78, 5) is 18.0. The van der Waals surface area contributed by atoms with Gasteiger partial charge < -0.3 is 10.1 Å². The van der Waals surface area contributed by atoms with Crippen molar-refractivity contribution in [3.8, 4) is 11.3 Å². The van der Waals surface area contributed by atoms with Crippen LogP contribution in [0.1, 0.15) is 28.3 Å². The van der Waals surface area contributed by atoms with Gasteiger partial charge in [-0.2, -0.15) is 0 Å². The van der Waals surface area contributed by atoms with Crippen LogP contribution < -0.4 is 0 Å². The molecule has 0 saturated heterocycles. The summed E-state index contributed by atoms with van der Waals surface area (Å²) in [7, 11) is 0. The minimum atomic E-state index is -0.940. The van der Waals surface area contributed by atoms with Crippen LogP contribution in [0.4, 0.5) is 0 Å². The van der Waals surface area contributed by atoms with E-state index in [1.807, 2.05) is 5.38 Å². The average Bonchev–Trinajstić information content (AvgIpc) is 2.82. The zero-order valence-corrected chi connectivity index (χ0v) is 9.96. The number of aromatic nitrogens is 2. The lowest BCUT2D eigenvalue weighted by molar-refractivity contribution is 0.0691. The van der Waals surface area contributed by atoms with Crippen molar-refractivity contribution in [2.24, 2.45) is 5.92 Å². The van der Waals surface area contributed by atoms with Crippen LogP contribution in [0.15, 0.2) is 17.6 Å². The number of hydrogen-bond acceptors (Lipinski definition) is 3. The fourth-order valence-electron chi connectivity index (χ4n) is 1.77. The highest BCUT2D eigenvalue weighted by Crippen LogP contribution is 2.34. The summed E-state index contributed by atoms with van der Waals surface area (Å²) in [6, 6.07) is 1.62. The molecule has 0 amide bonds. The summed E-state index contributed by atoms with van der Waals surface area (Å²) in [6.07, 6.45) is 5.41. The number of nitrogens with one attached hydrogen (secondary N) is 1. The quantitative estimate of drug-likeness (QED) is 0.874. The van der Waals surface area contributed by atoms with Crippen molar-refractivity contribution in [2.45, 2.75) is 19.3 Å². The first-order valence-electron chi connectivity index (χ1n) is 5.59. The maximum atomic E-state index is 10.8. The standard InChI is InChI=1S/C12H12N2O2S/c15-12(16)9-4-8(5-13-9)10-6-17-11(14-10)3-7-1-2-7/h4-7,13H,1-3H2,(H,15,16). The summed E-state index contributed by atoms with van der Waals surface area (Å²) in [5.41, 5.74) is 1.92. The molecule has 1 fully saturated rings. The Balaban J connectivity index is 1.81. The van der Waals surface area contributed by atoms with Gasteiger partial charge in [0.05, 0.1) is 10.7 Å². The molecule has 0 radical (unpaired) electrons. The zero-order valence-electron chi connectivity index (χ0n) is 9.14. The predicted molar refractivity (Wildman–Crippen MR) is 65.3 cm³/mol. The van der Waals surface area contributed by atoms with Crippen LogP contribution in [-0.4, -0.2) is 21.0 Å². The second-order valence-corrected chi connectivity index (χ2v) is 5.32. The van der Waals surface area contributed by atoms with Gasteiger partial charge in [-0.05, 0) is 24.8 Å². The molecular formula is C12H12N2O2S. The molecule has 2 aromatic rings. The predicted octanol–water partition coefficient (Wildman–Crippen LogP) is 2.79. The van der Waals surface area contributed by atoms with E-state index in [1.165, 1.54) is 12.8 Å². The van der Waals surface area contributed by atoms with Crippen molar-refractivity contribution in [2.75, 3.05) is 0 Å². The van der Waals surface area contributed by atoms with Crippen LogP contribution in [0.5, 0.6) is 0 Å². The molecular weight excluding hydrogens is 236 g/mol. The second kappa shape index (κ2) is 4.00. The van der Waals surface area contributed by atoms with Crippen molar-refractivity contribution in [3.63, 3.8) is 0 Å². The Morgan fingerprint density at radius 2 is 2.41 bits per heavy atom. The van der Waals surface area contributed by atoms with E-state index in [0.717, 1.165) is 28.6 Å². The number of carboxylic acid groups (broad SMARTS) is 1. The number of nitrogens with zero attached hydrogens (tertiary/aromatic N) is 1. The largest absolute Gasteiger partial charge is 0.477 e. The van der Waals surface area contributed by atoms with Gasteiger partial charge in [-0.25, -0.2) is 9.78 Å². The van der Waals surface area contributed by atoms with E-state index in [9.17, 15) is 4.79 Å². The van der Waals surface area contributed by atoms with Crippen LogP contribution in [-0.2, 0) is 6.42 Å². The van der Waals surface area contributed by atoms with E-state index in [1.54, 1.807) is 23.6 Å². The zero-order chi connectivity index (χ0) is 11.8. The molecule has 4 nitrogen and oxygen atoms in total. The molecule has 17 heavy (non-hydrogen) atoms. The molecule has 3 rings (SSSR count). The first-order valence-corrected chi connectivity index (χ1v) is 6.47. The minimum absolute atomic E-state index is 0.205. The molecule has 0 atom stereocenters. The molecule has 0 bridgehead atoms. The molecule has 2 aromatic heterocycles. The first kappa shape index (κ1) is 10.5. The summed E-state index contributed by atoms with van der Waals surface area (Å²) in [6.45, 7) is 0. The maximum Gasteiger partial charge on any atom is 0.352 e. The normalized spacial score (nSPS) is 15.1. The van der Waals surface area contributed by atoms with Crippen LogP contribution in [0.25, 0.3) is 11.3 Å². The number of hydrogen-bond donors (Lipinski definition) is 2. The first-order chi connectivity index (χ1) is 8.22. The van der Waals surface area contributed by atoms with Crippen LogP contribution in [0.3, 0.4) is 0 Å². The van der Waals surface area contributed by atoms with Gasteiger partial charge >= 0.3 is 5.97 Å². The van der Waals surface area contributed by atoms with E-state index in [2.05, 4.69) is 9.97 Å². The van der Waals surface area contributed by atoms with Crippen molar-refractivity contribution in [1.82, 2.24) is 9.97 Å². The van der Waals surface area contributed by atoms with Gasteiger partial charge in [0.15, 0.2) is 0 Å². The molecule has 1 aliphatic rings. The molecule has 5 heteroatoms. The highest BCUT2D eigenvalue weighted by molar-refractivity contribution is 7.09. The van der Waals surface area contributed by atoms with E-state index in [0.29, 0.717) is 0 Å². The molecule has 2 heterocycles. The van der Waals surface area contributed by atoms with Gasteiger partial charge in [0, 0.05) is 23.6 Å². The van der Waals surface area contributed by atoms with Gasteiger partial charge in [0.25, 0.3) is 0 Å². The average molecular weight is 248 g/mol. The van der Waals surface area contributed by atoms with Gasteiger partial charge in [-0.15, -0.1) is 11.3 Å². The van der Waals surface area contributed by atoms with Crippen molar-refractivity contribution in [3.05, 3.63) is 28.3 Å². The van der Waals surface area contributed by atoms with Crippen molar-refractivity contribution < 1.29 is 9.90 Å². The number of rotatable bonds is 4. The fraction of sp³-hybridized carbons (Fsp3) is 0.333. The SMILES string of the molecule is O=C(O)c1cc(-c2csc(CC3CC3)n2)c[nH]1. The summed E-state index contributed by atoms with van der Waals surface area (Å²) < 4.78 is 0. The maximum absolute atomic E-state index is 10.8. The monoisotopic (exact) mass is 248 g/mol. The number of H-pyrrole nitrogens is 1. The van der Waals surface area contributed by atoms with Gasteiger partial charge in [-0.3, -0.25) is 0 Å². The van der Waals surface area contributed by atoms with E-state index < -0.39 is 5.97 Å². The Kier molecular flexibility index (Phi) is 2.48. The van der Waals surface area contributed by atoms with Gasteiger partial charge in [0.2, 0.25) is 0 Å². The summed E-state index contributed by atoms with van der Waals surface area (Å²) in [5.74, 6) is -0.112. The number of aromatic carboxylic acids is 1. The van der Waals surface area contributed by atoms with E-state index in [4.69, 9.17) is 5.11 Å². The molecule has 0 spiro atoms. The van der Waals surface area contributed by atoms with E-state index in [-0.39, 0.29) is 5.69 Å². The highest BCUT2D eigenvalue weighted by Gasteiger charge is 2.23. The summed E-state index contributed by atoms with van der Waals surface area (Å²) in [5, 5.41) is 12.0. The molecule has 88 valence electrons.